The number of benzene rings is 1. The number of hydrogen-bond donors (Lipinski definition) is 1. The molecule has 2 aromatic rings. The molecule has 1 unspecified atom stereocenters. The van der Waals surface area contributed by atoms with Crippen molar-refractivity contribution in [3.8, 4) is 5.75 Å². The molecule has 34 heavy (non-hydrogen) atoms. The molecule has 9 nitrogen and oxygen atoms in total. The van der Waals surface area contributed by atoms with E-state index in [4.69, 9.17) is 13.9 Å². The van der Waals surface area contributed by atoms with Crippen LogP contribution in [-0.2, 0) is 26.0 Å². The zero-order valence-electron chi connectivity index (χ0n) is 19.6. The lowest BCUT2D eigenvalue weighted by Gasteiger charge is -2.33. The van der Waals surface area contributed by atoms with E-state index in [1.165, 1.54) is 23.9 Å². The number of carbonyl (C=O) groups excluding carboxylic acids is 1. The van der Waals surface area contributed by atoms with Crippen LogP contribution in [-0.4, -0.2) is 76.6 Å². The fourth-order valence-electron chi connectivity index (χ4n) is 4.54. The van der Waals surface area contributed by atoms with Gasteiger partial charge in [-0.2, -0.15) is 4.31 Å². The molecule has 186 valence electrons. The lowest BCUT2D eigenvalue weighted by molar-refractivity contribution is -0.120. The Morgan fingerprint density at radius 3 is 2.56 bits per heavy atom. The molecule has 2 aliphatic heterocycles. The monoisotopic (exact) mass is 491 g/mol. The van der Waals surface area contributed by atoms with E-state index < -0.39 is 10.0 Å². The van der Waals surface area contributed by atoms with E-state index in [-0.39, 0.29) is 29.0 Å². The SMILES string of the molecule is COc1ccc(CC(=O)NCC(c2ccco2)N2CCCCC2)cc1S(=O)(=O)N1CCOCC1. The first kappa shape index (κ1) is 24.7. The van der Waals surface area contributed by atoms with Gasteiger partial charge in [-0.15, -0.1) is 0 Å². The molecule has 2 aliphatic rings. The van der Waals surface area contributed by atoms with Gasteiger partial charge in [0.2, 0.25) is 15.9 Å². The minimum absolute atomic E-state index is 0.0209. The maximum atomic E-state index is 13.2. The number of morpholine rings is 1. The van der Waals surface area contributed by atoms with Crippen molar-refractivity contribution in [3.05, 3.63) is 47.9 Å². The maximum absolute atomic E-state index is 13.2. The van der Waals surface area contributed by atoms with Gasteiger partial charge >= 0.3 is 0 Å². The highest BCUT2D eigenvalue weighted by Crippen LogP contribution is 2.29. The third-order valence-corrected chi connectivity index (χ3v) is 8.30. The van der Waals surface area contributed by atoms with E-state index in [9.17, 15) is 13.2 Å². The molecule has 1 N–H and O–H groups in total. The summed E-state index contributed by atoms with van der Waals surface area (Å²) >= 11 is 0. The third-order valence-electron chi connectivity index (χ3n) is 6.38. The van der Waals surface area contributed by atoms with Crippen molar-refractivity contribution in [1.82, 2.24) is 14.5 Å². The largest absolute Gasteiger partial charge is 0.495 e. The van der Waals surface area contributed by atoms with Crippen molar-refractivity contribution in [2.24, 2.45) is 0 Å². The Morgan fingerprint density at radius 1 is 1.12 bits per heavy atom. The Kier molecular flexibility index (Phi) is 8.25. The molecule has 4 rings (SSSR count). The van der Waals surface area contributed by atoms with Crippen LogP contribution in [0.5, 0.6) is 5.75 Å². The predicted molar refractivity (Wildman–Crippen MR) is 126 cm³/mol. The summed E-state index contributed by atoms with van der Waals surface area (Å²) in [5.41, 5.74) is 0.609. The van der Waals surface area contributed by atoms with Gasteiger partial charge in [-0.05, 0) is 55.8 Å². The zero-order chi connectivity index (χ0) is 24.0. The standard InChI is InChI=1S/C24H33N3O6S/c1-31-22-8-7-19(16-23(22)34(29,30)27-11-14-32-15-12-27)17-24(28)25-18-20(21-6-5-13-33-21)26-9-3-2-4-10-26/h5-8,13,16,20H,2-4,9-12,14-15,17-18H2,1H3,(H,25,28). The Bertz CT molecular complexity index is 1040. The number of furan rings is 1. The third kappa shape index (κ3) is 5.80. The van der Waals surface area contributed by atoms with Gasteiger partial charge < -0.3 is 19.2 Å². The van der Waals surface area contributed by atoms with Gasteiger partial charge in [-0.25, -0.2) is 8.42 Å². The first-order chi connectivity index (χ1) is 16.5. The fourth-order valence-corrected chi connectivity index (χ4v) is 6.15. The van der Waals surface area contributed by atoms with E-state index in [0.29, 0.717) is 38.4 Å². The van der Waals surface area contributed by atoms with Crippen LogP contribution in [0.25, 0.3) is 0 Å². The van der Waals surface area contributed by atoms with Crippen LogP contribution in [0.3, 0.4) is 0 Å². The molecule has 0 saturated carbocycles. The summed E-state index contributed by atoms with van der Waals surface area (Å²) in [7, 11) is -2.32. The van der Waals surface area contributed by atoms with E-state index in [2.05, 4.69) is 10.2 Å². The molecular weight excluding hydrogens is 458 g/mol. The van der Waals surface area contributed by atoms with Crippen LogP contribution >= 0.6 is 0 Å². The summed E-state index contributed by atoms with van der Waals surface area (Å²) < 4.78 is 44.0. The van der Waals surface area contributed by atoms with Crippen molar-refractivity contribution < 1.29 is 27.1 Å². The molecule has 1 amide bonds. The molecule has 2 fully saturated rings. The normalized spacial score (nSPS) is 19.0. The summed E-state index contributed by atoms with van der Waals surface area (Å²) in [6.07, 6.45) is 5.22. The molecule has 10 heteroatoms. The van der Waals surface area contributed by atoms with Gasteiger partial charge in [0.1, 0.15) is 16.4 Å². The Labute approximate surface area is 201 Å². The van der Waals surface area contributed by atoms with Crippen molar-refractivity contribution in [2.45, 2.75) is 36.6 Å². The van der Waals surface area contributed by atoms with Gasteiger partial charge in [0.25, 0.3) is 0 Å². The number of sulfonamides is 1. The number of carbonyl (C=O) groups is 1. The fraction of sp³-hybridized carbons (Fsp3) is 0.542. The molecular formula is C24H33N3O6S. The second kappa shape index (κ2) is 11.4. The van der Waals surface area contributed by atoms with Crippen molar-refractivity contribution in [3.63, 3.8) is 0 Å². The molecule has 0 spiro atoms. The van der Waals surface area contributed by atoms with Gasteiger partial charge in [-0.3, -0.25) is 9.69 Å². The van der Waals surface area contributed by atoms with Gasteiger partial charge in [-0.1, -0.05) is 12.5 Å². The highest BCUT2D eigenvalue weighted by atomic mass is 32.2. The highest BCUT2D eigenvalue weighted by Gasteiger charge is 2.30. The van der Waals surface area contributed by atoms with Crippen molar-refractivity contribution in [1.29, 1.82) is 0 Å². The van der Waals surface area contributed by atoms with Crippen LogP contribution in [0.1, 0.15) is 36.6 Å². The molecule has 3 heterocycles. The second-order valence-corrected chi connectivity index (χ2v) is 10.5. The van der Waals surface area contributed by atoms with Crippen LogP contribution in [0, 0.1) is 0 Å². The minimum atomic E-state index is -3.76. The van der Waals surface area contributed by atoms with Crippen LogP contribution in [0.2, 0.25) is 0 Å². The number of nitrogens with one attached hydrogen (secondary N) is 1. The number of amides is 1. The van der Waals surface area contributed by atoms with Gasteiger partial charge in [0.05, 0.1) is 39.0 Å². The van der Waals surface area contributed by atoms with Gasteiger partial charge in [0.15, 0.2) is 0 Å². The average molecular weight is 492 g/mol. The summed E-state index contributed by atoms with van der Waals surface area (Å²) in [4.78, 5) is 15.2. The molecule has 0 bridgehead atoms. The van der Waals surface area contributed by atoms with Gasteiger partial charge in [0, 0.05) is 19.6 Å². The Balaban J connectivity index is 1.44. The molecule has 1 aromatic carbocycles. The number of hydrogen-bond acceptors (Lipinski definition) is 7. The van der Waals surface area contributed by atoms with Crippen molar-refractivity contribution >= 4 is 15.9 Å². The predicted octanol–water partition coefficient (Wildman–Crippen LogP) is 2.20. The molecule has 1 atom stereocenters. The van der Waals surface area contributed by atoms with Crippen LogP contribution < -0.4 is 10.1 Å². The molecule has 0 radical (unpaired) electrons. The first-order valence-electron chi connectivity index (χ1n) is 11.8. The number of likely N-dealkylation sites (tertiary alicyclic amines) is 1. The van der Waals surface area contributed by atoms with E-state index in [1.54, 1.807) is 18.4 Å². The van der Waals surface area contributed by atoms with Crippen LogP contribution in [0.4, 0.5) is 0 Å². The summed E-state index contributed by atoms with van der Waals surface area (Å²) in [5, 5.41) is 3.02. The Hall–Kier alpha value is -2.40. The summed E-state index contributed by atoms with van der Waals surface area (Å²) in [6, 6.07) is 8.66. The summed E-state index contributed by atoms with van der Waals surface area (Å²) in [6.45, 7) is 3.68. The number of ether oxygens (including phenoxy) is 2. The van der Waals surface area contributed by atoms with Crippen LogP contribution in [0.15, 0.2) is 45.9 Å². The number of rotatable bonds is 9. The lowest BCUT2D eigenvalue weighted by Crippen LogP contribution is -2.41. The zero-order valence-corrected chi connectivity index (χ0v) is 20.4. The number of nitrogens with zero attached hydrogens (tertiary/aromatic N) is 2. The molecule has 0 aliphatic carbocycles. The van der Waals surface area contributed by atoms with E-state index in [0.717, 1.165) is 31.7 Å². The molecule has 2 saturated heterocycles. The minimum Gasteiger partial charge on any atom is -0.495 e. The average Bonchev–Trinajstić information content (AvgIpc) is 3.40. The number of methoxy groups -OCH3 is 1. The lowest BCUT2D eigenvalue weighted by atomic mass is 10.1. The second-order valence-electron chi connectivity index (χ2n) is 8.61. The summed E-state index contributed by atoms with van der Waals surface area (Å²) in [5.74, 6) is 0.928. The smallest absolute Gasteiger partial charge is 0.246 e. The maximum Gasteiger partial charge on any atom is 0.246 e. The Morgan fingerprint density at radius 2 is 1.88 bits per heavy atom. The van der Waals surface area contributed by atoms with Crippen molar-refractivity contribution in [2.75, 3.05) is 53.0 Å². The van der Waals surface area contributed by atoms with E-state index in [1.807, 2.05) is 12.1 Å². The molecule has 1 aromatic heterocycles. The highest BCUT2D eigenvalue weighted by molar-refractivity contribution is 7.89. The first-order valence-corrected chi connectivity index (χ1v) is 13.2. The number of piperidine rings is 1. The van der Waals surface area contributed by atoms with E-state index >= 15 is 0 Å². The topological polar surface area (TPSA) is 101 Å². The quantitative estimate of drug-likeness (QED) is 0.574.